The molecule has 0 saturated heterocycles. The summed E-state index contributed by atoms with van der Waals surface area (Å²) in [5.74, 6) is -1.34. The van der Waals surface area contributed by atoms with Crippen molar-refractivity contribution in [1.29, 1.82) is 0 Å². The Balaban J connectivity index is 1.84. The fraction of sp³-hybridized carbons (Fsp3) is 0.385. The van der Waals surface area contributed by atoms with E-state index in [1.165, 1.54) is 16.9 Å². The van der Waals surface area contributed by atoms with Crippen LogP contribution < -0.4 is 5.32 Å². The molecule has 0 spiro atoms. The van der Waals surface area contributed by atoms with Crippen LogP contribution in [0.1, 0.15) is 23.1 Å². The molecule has 8 heteroatoms. The lowest BCUT2D eigenvalue weighted by atomic mass is 10.3. The van der Waals surface area contributed by atoms with E-state index in [0.717, 1.165) is 5.69 Å². The Morgan fingerprint density at radius 2 is 2.00 bits per heavy atom. The smallest absolute Gasteiger partial charge is 0.356 e. The molecule has 0 fully saturated rings. The zero-order chi connectivity index (χ0) is 15.4. The summed E-state index contributed by atoms with van der Waals surface area (Å²) in [5.41, 5.74) is 0.842. The van der Waals surface area contributed by atoms with Crippen LogP contribution >= 0.6 is 0 Å². The number of carbonyl (C=O) groups is 2. The molecule has 2 aromatic heterocycles. The van der Waals surface area contributed by atoms with E-state index in [9.17, 15) is 9.59 Å². The first-order valence-corrected chi connectivity index (χ1v) is 6.50. The highest BCUT2D eigenvalue weighted by Gasteiger charge is 2.11. The number of rotatable bonds is 6. The van der Waals surface area contributed by atoms with Crippen LogP contribution in [-0.4, -0.2) is 42.6 Å². The van der Waals surface area contributed by atoms with Crippen molar-refractivity contribution >= 4 is 11.9 Å². The number of aromatic nitrogens is 4. The molecule has 0 aliphatic rings. The molecule has 2 N–H and O–H groups in total. The zero-order valence-electron chi connectivity index (χ0n) is 11.9. The van der Waals surface area contributed by atoms with Gasteiger partial charge in [-0.2, -0.15) is 10.2 Å². The lowest BCUT2D eigenvalue weighted by molar-refractivity contribution is -0.122. The number of hydrogen-bond donors (Lipinski definition) is 2. The maximum Gasteiger partial charge on any atom is 0.356 e. The molecule has 8 nitrogen and oxygen atoms in total. The molecule has 112 valence electrons. The van der Waals surface area contributed by atoms with Crippen LogP contribution in [0.4, 0.5) is 0 Å². The lowest BCUT2D eigenvalue weighted by Gasteiger charge is -2.14. The van der Waals surface area contributed by atoms with Crippen molar-refractivity contribution in [2.45, 2.75) is 33.0 Å². The van der Waals surface area contributed by atoms with Crippen LogP contribution in [0.15, 0.2) is 24.5 Å². The molecule has 0 bridgehead atoms. The van der Waals surface area contributed by atoms with Gasteiger partial charge in [-0.15, -0.1) is 0 Å². The Kier molecular flexibility index (Phi) is 4.36. The average molecular weight is 291 g/mol. The summed E-state index contributed by atoms with van der Waals surface area (Å²) < 4.78 is 3.06. The van der Waals surface area contributed by atoms with Gasteiger partial charge in [0.2, 0.25) is 5.91 Å². The molecule has 0 aromatic carbocycles. The molecule has 0 aliphatic carbocycles. The molecule has 1 unspecified atom stereocenters. The molecule has 0 aliphatic heterocycles. The molecule has 21 heavy (non-hydrogen) atoms. The van der Waals surface area contributed by atoms with Crippen molar-refractivity contribution in [2.75, 3.05) is 0 Å². The second-order valence-corrected chi connectivity index (χ2v) is 4.85. The molecular weight excluding hydrogens is 274 g/mol. The van der Waals surface area contributed by atoms with Crippen molar-refractivity contribution < 1.29 is 14.7 Å². The fourth-order valence-electron chi connectivity index (χ4n) is 1.92. The maximum absolute atomic E-state index is 11.8. The van der Waals surface area contributed by atoms with E-state index in [1.54, 1.807) is 4.68 Å². The van der Waals surface area contributed by atoms with Crippen LogP contribution in [0.2, 0.25) is 0 Å². The highest BCUT2D eigenvalue weighted by Crippen LogP contribution is 1.97. The van der Waals surface area contributed by atoms with Gasteiger partial charge < -0.3 is 10.4 Å². The monoisotopic (exact) mass is 291 g/mol. The summed E-state index contributed by atoms with van der Waals surface area (Å²) in [5, 5.41) is 19.6. The first kappa shape index (κ1) is 14.8. The van der Waals surface area contributed by atoms with E-state index in [2.05, 4.69) is 15.5 Å². The van der Waals surface area contributed by atoms with Crippen molar-refractivity contribution in [3.05, 3.63) is 35.9 Å². The normalized spacial score (nSPS) is 12.1. The van der Waals surface area contributed by atoms with Crippen molar-refractivity contribution in [3.63, 3.8) is 0 Å². The van der Waals surface area contributed by atoms with Crippen LogP contribution in [0, 0.1) is 6.92 Å². The van der Waals surface area contributed by atoms with Gasteiger partial charge in [-0.05, 0) is 26.0 Å². The first-order valence-electron chi connectivity index (χ1n) is 6.50. The topological polar surface area (TPSA) is 102 Å². The second-order valence-electron chi connectivity index (χ2n) is 4.85. The molecular formula is C13H17N5O3. The minimum atomic E-state index is -1.11. The van der Waals surface area contributed by atoms with Gasteiger partial charge in [0.05, 0.1) is 12.2 Å². The Morgan fingerprint density at radius 1 is 1.29 bits per heavy atom. The number of aryl methyl sites for hydroxylation is 1. The Hall–Kier alpha value is -2.64. The number of carboxylic acid groups (broad SMARTS) is 1. The predicted molar refractivity (Wildman–Crippen MR) is 73.8 cm³/mol. The third kappa shape index (κ3) is 4.16. The summed E-state index contributed by atoms with van der Waals surface area (Å²) in [6.45, 7) is 4.33. The van der Waals surface area contributed by atoms with Crippen molar-refractivity contribution in [3.8, 4) is 0 Å². The molecule has 0 radical (unpaired) electrons. The maximum atomic E-state index is 11.8. The van der Waals surface area contributed by atoms with Gasteiger partial charge >= 0.3 is 5.97 Å². The van der Waals surface area contributed by atoms with Crippen LogP contribution in [0.3, 0.4) is 0 Å². The third-order valence-corrected chi connectivity index (χ3v) is 2.81. The minimum Gasteiger partial charge on any atom is -0.476 e. The Bertz CT molecular complexity index is 646. The predicted octanol–water partition coefficient (Wildman–Crippen LogP) is 0.291. The second kappa shape index (κ2) is 6.21. The Labute approximate surface area is 121 Å². The van der Waals surface area contributed by atoms with Gasteiger partial charge in [0.1, 0.15) is 6.54 Å². The number of nitrogens with zero attached hydrogens (tertiary/aromatic N) is 4. The van der Waals surface area contributed by atoms with Gasteiger partial charge in [-0.3, -0.25) is 14.2 Å². The molecule has 2 rings (SSSR count). The average Bonchev–Trinajstić information content (AvgIpc) is 2.98. The van der Waals surface area contributed by atoms with E-state index in [4.69, 9.17) is 5.11 Å². The van der Waals surface area contributed by atoms with Gasteiger partial charge in [0, 0.05) is 18.4 Å². The largest absolute Gasteiger partial charge is 0.476 e. The standard InChI is InChI=1S/C13H17N5O3/c1-9-3-5-17(15-9)7-10(2)14-12(19)8-18-6-4-11(16-18)13(20)21/h3-6,10H,7-8H2,1-2H3,(H,14,19)(H,20,21). The molecule has 1 atom stereocenters. The first-order chi connectivity index (χ1) is 9.94. The van der Waals surface area contributed by atoms with Crippen LogP contribution in [-0.2, 0) is 17.9 Å². The molecule has 1 amide bonds. The number of aromatic carboxylic acids is 1. The van der Waals surface area contributed by atoms with Crippen molar-refractivity contribution in [2.24, 2.45) is 0 Å². The van der Waals surface area contributed by atoms with Crippen molar-refractivity contribution in [1.82, 2.24) is 24.9 Å². The number of amides is 1. The quantitative estimate of drug-likeness (QED) is 0.796. The highest BCUT2D eigenvalue weighted by atomic mass is 16.4. The van der Waals surface area contributed by atoms with E-state index in [1.807, 2.05) is 26.1 Å². The Morgan fingerprint density at radius 3 is 2.57 bits per heavy atom. The van der Waals surface area contributed by atoms with Crippen LogP contribution in [0.5, 0.6) is 0 Å². The SMILES string of the molecule is Cc1ccn(CC(C)NC(=O)Cn2ccc(C(=O)O)n2)n1. The third-order valence-electron chi connectivity index (χ3n) is 2.81. The molecule has 0 saturated carbocycles. The fourth-order valence-corrected chi connectivity index (χ4v) is 1.92. The molecule has 2 heterocycles. The van der Waals surface area contributed by atoms with Gasteiger partial charge in [-0.25, -0.2) is 4.79 Å². The van der Waals surface area contributed by atoms with E-state index < -0.39 is 5.97 Å². The number of nitrogens with one attached hydrogen (secondary N) is 1. The lowest BCUT2D eigenvalue weighted by Crippen LogP contribution is -2.38. The summed E-state index contributed by atoms with van der Waals surface area (Å²) in [6.07, 6.45) is 3.31. The van der Waals surface area contributed by atoms with Gasteiger partial charge in [-0.1, -0.05) is 0 Å². The van der Waals surface area contributed by atoms with E-state index in [0.29, 0.717) is 6.54 Å². The van der Waals surface area contributed by atoms with E-state index >= 15 is 0 Å². The summed E-state index contributed by atoms with van der Waals surface area (Å²) >= 11 is 0. The summed E-state index contributed by atoms with van der Waals surface area (Å²) in [4.78, 5) is 22.5. The number of carboxylic acids is 1. The number of hydrogen-bond acceptors (Lipinski definition) is 4. The zero-order valence-corrected chi connectivity index (χ0v) is 11.9. The van der Waals surface area contributed by atoms with Gasteiger partial charge in [0.15, 0.2) is 5.69 Å². The summed E-state index contributed by atoms with van der Waals surface area (Å²) in [6, 6.07) is 3.16. The molecule has 2 aromatic rings. The van der Waals surface area contributed by atoms with E-state index in [-0.39, 0.29) is 24.2 Å². The van der Waals surface area contributed by atoms with Crippen LogP contribution in [0.25, 0.3) is 0 Å². The summed E-state index contributed by atoms with van der Waals surface area (Å²) in [7, 11) is 0. The number of carbonyl (C=O) groups excluding carboxylic acids is 1. The minimum absolute atomic E-state index is 0.0181. The van der Waals surface area contributed by atoms with Gasteiger partial charge in [0.25, 0.3) is 0 Å². The highest BCUT2D eigenvalue weighted by molar-refractivity contribution is 5.85.